The lowest BCUT2D eigenvalue weighted by Gasteiger charge is -2.13. The zero-order chi connectivity index (χ0) is 17.7. The molecule has 5 N–H and O–H groups in total. The molecule has 0 bridgehead atoms. The molecule has 2 aromatic carbocycles. The van der Waals surface area contributed by atoms with Gasteiger partial charge in [0, 0.05) is 6.42 Å². The molecule has 0 unspecified atom stereocenters. The molecule has 0 atom stereocenters. The number of aryl methyl sites for hydroxylation is 1. The highest BCUT2D eigenvalue weighted by Gasteiger charge is 2.21. The fourth-order valence-electron chi connectivity index (χ4n) is 2.32. The van der Waals surface area contributed by atoms with Crippen molar-refractivity contribution in [3.8, 4) is 11.5 Å². The van der Waals surface area contributed by atoms with Gasteiger partial charge in [-0.25, -0.2) is 4.57 Å². The summed E-state index contributed by atoms with van der Waals surface area (Å²) in [4.78, 5) is 30.3. The molecule has 2 aromatic rings. The maximum atomic E-state index is 12.3. The Morgan fingerprint density at radius 2 is 1.71 bits per heavy atom. The van der Waals surface area contributed by atoms with Crippen LogP contribution in [-0.2, 0) is 11.0 Å². The van der Waals surface area contributed by atoms with E-state index in [1.807, 2.05) is 5.09 Å². The maximum absolute atomic E-state index is 12.3. The molecular weight excluding hydrogens is 333 g/mol. The highest BCUT2D eigenvalue weighted by Crippen LogP contribution is 2.39. The summed E-state index contributed by atoms with van der Waals surface area (Å²) < 4.78 is 11.1. The quantitative estimate of drug-likeness (QED) is 0.383. The van der Waals surface area contributed by atoms with Gasteiger partial charge in [0.05, 0.1) is 11.3 Å². The van der Waals surface area contributed by atoms with Crippen LogP contribution in [0.25, 0.3) is 0 Å². The SMILES string of the molecule is O=C(CCCc1ccc(O)cc1)c1c(O)cccc1NP(=O)(O)O. The Kier molecular flexibility index (Phi) is 5.62. The number of nitrogens with one attached hydrogen (secondary N) is 1. The number of phenolic OH excluding ortho intramolecular Hbond substituents is 2. The topological polar surface area (TPSA) is 127 Å². The van der Waals surface area contributed by atoms with Gasteiger partial charge in [-0.05, 0) is 42.7 Å². The normalized spacial score (nSPS) is 11.2. The summed E-state index contributed by atoms with van der Waals surface area (Å²) in [6, 6.07) is 10.6. The van der Waals surface area contributed by atoms with Crippen molar-refractivity contribution in [2.24, 2.45) is 0 Å². The summed E-state index contributed by atoms with van der Waals surface area (Å²) in [5.74, 6) is -0.580. The molecule has 0 amide bonds. The average Bonchev–Trinajstić information content (AvgIpc) is 2.47. The Labute approximate surface area is 138 Å². The van der Waals surface area contributed by atoms with Crippen LogP contribution in [0.4, 0.5) is 5.69 Å². The summed E-state index contributed by atoms with van der Waals surface area (Å²) in [5, 5.41) is 21.0. The lowest BCUT2D eigenvalue weighted by atomic mass is 10.0. The Balaban J connectivity index is 2.06. The summed E-state index contributed by atoms with van der Waals surface area (Å²) in [6.45, 7) is 0. The first-order valence-electron chi connectivity index (χ1n) is 7.23. The highest BCUT2D eigenvalue weighted by atomic mass is 31.2. The zero-order valence-electron chi connectivity index (χ0n) is 12.7. The molecule has 0 saturated heterocycles. The van der Waals surface area contributed by atoms with E-state index in [0.29, 0.717) is 12.8 Å². The first-order chi connectivity index (χ1) is 11.3. The Bertz CT molecular complexity index is 769. The predicted molar refractivity (Wildman–Crippen MR) is 89.1 cm³/mol. The van der Waals surface area contributed by atoms with Crippen LogP contribution in [-0.4, -0.2) is 25.8 Å². The fraction of sp³-hybridized carbons (Fsp3) is 0.188. The standard InChI is InChI=1S/C16H18NO6P/c18-12-9-7-11(8-10-12)3-1-5-14(19)16-13(17-24(21,22)23)4-2-6-15(16)20/h2,4,6-10,18,20H,1,3,5H2,(H3,17,21,22,23). The number of hydrogen-bond acceptors (Lipinski definition) is 4. The highest BCUT2D eigenvalue weighted by molar-refractivity contribution is 7.53. The molecule has 8 heteroatoms. The van der Waals surface area contributed by atoms with Gasteiger partial charge in [0.2, 0.25) is 0 Å². The van der Waals surface area contributed by atoms with Crippen molar-refractivity contribution in [1.82, 2.24) is 0 Å². The third-order valence-electron chi connectivity index (χ3n) is 3.39. The van der Waals surface area contributed by atoms with Gasteiger partial charge in [-0.2, -0.15) is 0 Å². The largest absolute Gasteiger partial charge is 0.508 e. The zero-order valence-corrected chi connectivity index (χ0v) is 13.6. The number of anilines is 1. The second-order valence-electron chi connectivity index (χ2n) is 5.30. The summed E-state index contributed by atoms with van der Waals surface area (Å²) in [5.41, 5.74) is 0.718. The van der Waals surface area contributed by atoms with E-state index >= 15 is 0 Å². The van der Waals surface area contributed by atoms with Crippen molar-refractivity contribution < 1.29 is 29.4 Å². The molecule has 2 rings (SSSR count). The van der Waals surface area contributed by atoms with E-state index in [1.54, 1.807) is 24.3 Å². The molecule has 0 aliphatic heterocycles. The number of phenols is 2. The van der Waals surface area contributed by atoms with Crippen LogP contribution >= 0.6 is 7.75 Å². The number of benzene rings is 2. The number of carbonyl (C=O) groups is 1. The van der Waals surface area contributed by atoms with Crippen LogP contribution in [0.15, 0.2) is 42.5 Å². The molecule has 128 valence electrons. The first kappa shape index (κ1) is 18.0. The summed E-state index contributed by atoms with van der Waals surface area (Å²) in [6.07, 6.45) is 1.20. The smallest absolute Gasteiger partial charge is 0.427 e. The molecule has 7 nitrogen and oxygen atoms in total. The van der Waals surface area contributed by atoms with Crippen molar-refractivity contribution in [1.29, 1.82) is 0 Å². The number of hydrogen-bond donors (Lipinski definition) is 5. The van der Waals surface area contributed by atoms with Gasteiger partial charge in [-0.3, -0.25) is 9.88 Å². The van der Waals surface area contributed by atoms with Gasteiger partial charge < -0.3 is 20.0 Å². The molecule has 0 aromatic heterocycles. The van der Waals surface area contributed by atoms with Crippen LogP contribution in [0.1, 0.15) is 28.8 Å². The molecule has 24 heavy (non-hydrogen) atoms. The minimum Gasteiger partial charge on any atom is -0.508 e. The van der Waals surface area contributed by atoms with Gasteiger partial charge in [0.15, 0.2) is 5.78 Å². The van der Waals surface area contributed by atoms with Crippen molar-refractivity contribution in [2.75, 3.05) is 5.09 Å². The van der Waals surface area contributed by atoms with Gasteiger partial charge in [0.25, 0.3) is 0 Å². The van der Waals surface area contributed by atoms with E-state index in [1.165, 1.54) is 18.2 Å². The lowest BCUT2D eigenvalue weighted by Crippen LogP contribution is -2.06. The van der Waals surface area contributed by atoms with Gasteiger partial charge in [0.1, 0.15) is 11.5 Å². The van der Waals surface area contributed by atoms with Gasteiger partial charge in [-0.15, -0.1) is 0 Å². The van der Waals surface area contributed by atoms with Gasteiger partial charge in [-0.1, -0.05) is 18.2 Å². The molecule has 0 saturated carbocycles. The van der Waals surface area contributed by atoms with Crippen molar-refractivity contribution in [3.63, 3.8) is 0 Å². The lowest BCUT2D eigenvalue weighted by molar-refractivity contribution is 0.0978. The fourth-order valence-corrected chi connectivity index (χ4v) is 2.82. The third-order valence-corrected chi connectivity index (χ3v) is 3.93. The van der Waals surface area contributed by atoms with Crippen LogP contribution < -0.4 is 5.09 Å². The molecule has 0 fully saturated rings. The van der Waals surface area contributed by atoms with Crippen molar-refractivity contribution in [3.05, 3.63) is 53.6 Å². The molecule has 0 aliphatic rings. The Morgan fingerprint density at radius 3 is 2.33 bits per heavy atom. The van der Waals surface area contributed by atoms with Crippen molar-refractivity contribution >= 4 is 19.2 Å². The van der Waals surface area contributed by atoms with Gasteiger partial charge >= 0.3 is 7.75 Å². The van der Waals surface area contributed by atoms with E-state index in [2.05, 4.69) is 0 Å². The van der Waals surface area contributed by atoms with Crippen LogP contribution in [0, 0.1) is 0 Å². The third kappa shape index (κ3) is 5.09. The number of carbonyl (C=O) groups excluding carboxylic acids is 1. The number of aromatic hydroxyl groups is 2. The second-order valence-corrected chi connectivity index (χ2v) is 6.61. The van der Waals surface area contributed by atoms with E-state index in [9.17, 15) is 19.6 Å². The summed E-state index contributed by atoms with van der Waals surface area (Å²) in [7, 11) is -4.59. The van der Waals surface area contributed by atoms with E-state index in [0.717, 1.165) is 5.56 Å². The molecular formula is C16H18NO6P. The minimum atomic E-state index is -4.59. The van der Waals surface area contributed by atoms with Crippen molar-refractivity contribution in [2.45, 2.75) is 19.3 Å². The number of rotatable bonds is 7. The molecule has 0 radical (unpaired) electrons. The molecule has 0 heterocycles. The molecule has 0 aliphatic carbocycles. The van der Waals surface area contributed by atoms with E-state index in [4.69, 9.17) is 9.79 Å². The minimum absolute atomic E-state index is 0.0991. The van der Waals surface area contributed by atoms with Crippen LogP contribution in [0.2, 0.25) is 0 Å². The number of Topliss-reactive ketones (excluding diaryl/α,β-unsaturated/α-hetero) is 1. The first-order valence-corrected chi connectivity index (χ1v) is 8.84. The Hall–Kier alpha value is -2.34. The van der Waals surface area contributed by atoms with Crippen LogP contribution in [0.3, 0.4) is 0 Å². The van der Waals surface area contributed by atoms with Crippen LogP contribution in [0.5, 0.6) is 11.5 Å². The second kappa shape index (κ2) is 7.49. The average molecular weight is 351 g/mol. The predicted octanol–water partition coefficient (Wildman–Crippen LogP) is 2.81. The number of ketones is 1. The Morgan fingerprint density at radius 1 is 1.04 bits per heavy atom. The molecule has 0 spiro atoms. The van der Waals surface area contributed by atoms with E-state index < -0.39 is 13.5 Å². The maximum Gasteiger partial charge on any atom is 0.427 e. The van der Waals surface area contributed by atoms with E-state index in [-0.39, 0.29) is 29.2 Å². The monoisotopic (exact) mass is 351 g/mol. The summed E-state index contributed by atoms with van der Waals surface area (Å²) >= 11 is 0.